The van der Waals surface area contributed by atoms with Crippen molar-refractivity contribution >= 4 is 0 Å². The highest BCUT2D eigenvalue weighted by molar-refractivity contribution is 5.38. The number of allylic oxidation sites excluding steroid dienone is 2. The number of dihydropyridines is 1. The van der Waals surface area contributed by atoms with E-state index in [0.29, 0.717) is 0 Å². The summed E-state index contributed by atoms with van der Waals surface area (Å²) in [5.74, 6) is 0. The van der Waals surface area contributed by atoms with Gasteiger partial charge >= 0.3 is 0 Å². The van der Waals surface area contributed by atoms with Crippen LogP contribution in [0, 0.1) is 0 Å². The second kappa shape index (κ2) is 11.7. The molecule has 5 unspecified atom stereocenters. The standard InChI is InChI=1S/C29H45N5O2/c1-35-28(22-12-3-7-18-30-22,23-13-4-8-19-31-23)26-16-11-17-27(34-26)29(36-2,24-14-5-9-20-32-24)25-15-6-10-21-33-25/h3,7,11-12,16-18,23-25,27,31-34H,4-6,8-10,13-15,19-21H2,1-2H3. The summed E-state index contributed by atoms with van der Waals surface area (Å²) in [5, 5.41) is 15.5. The second-order valence-electron chi connectivity index (χ2n) is 10.8. The van der Waals surface area contributed by atoms with Crippen LogP contribution in [0.5, 0.6) is 0 Å². The number of hydrogen-bond donors (Lipinski definition) is 4. The van der Waals surface area contributed by atoms with E-state index in [1.54, 1.807) is 0 Å². The second-order valence-corrected chi connectivity index (χ2v) is 10.8. The van der Waals surface area contributed by atoms with Crippen molar-refractivity contribution < 1.29 is 9.47 Å². The van der Waals surface area contributed by atoms with Crippen molar-refractivity contribution in [3.8, 4) is 0 Å². The van der Waals surface area contributed by atoms with Crippen LogP contribution < -0.4 is 21.3 Å². The number of hydrogen-bond acceptors (Lipinski definition) is 7. The van der Waals surface area contributed by atoms with E-state index in [2.05, 4.69) is 51.6 Å². The Morgan fingerprint density at radius 1 is 0.806 bits per heavy atom. The lowest BCUT2D eigenvalue weighted by molar-refractivity contribution is -0.0986. The van der Waals surface area contributed by atoms with Crippen LogP contribution in [-0.4, -0.2) is 68.6 Å². The number of pyridine rings is 1. The normalized spacial score (nSPS) is 32.6. The van der Waals surface area contributed by atoms with Crippen LogP contribution in [0.15, 0.2) is 48.3 Å². The molecule has 3 saturated heterocycles. The summed E-state index contributed by atoms with van der Waals surface area (Å²) in [6.07, 6.45) is 19.2. The SMILES string of the molecule is COC(C1=CC=CC(C(OC)(C2CCCCN2)C2CCCCN2)N1)(c1ccccn1)C1CCCCN1. The zero-order chi connectivity index (χ0) is 24.8. The molecular formula is C29H45N5O2. The van der Waals surface area contributed by atoms with Crippen LogP contribution in [-0.2, 0) is 15.1 Å². The largest absolute Gasteiger partial charge is 0.376 e. The first-order valence-corrected chi connectivity index (χ1v) is 14.1. The van der Waals surface area contributed by atoms with Gasteiger partial charge in [0.25, 0.3) is 0 Å². The van der Waals surface area contributed by atoms with E-state index in [4.69, 9.17) is 14.5 Å². The number of rotatable bonds is 8. The quantitative estimate of drug-likeness (QED) is 0.441. The molecule has 7 heteroatoms. The number of methoxy groups -OCH3 is 2. The number of nitrogens with zero attached hydrogens (tertiary/aromatic N) is 1. The smallest absolute Gasteiger partial charge is 0.164 e. The van der Waals surface area contributed by atoms with Gasteiger partial charge in [0.1, 0.15) is 5.60 Å². The molecule has 0 aliphatic carbocycles. The molecule has 0 bridgehead atoms. The highest BCUT2D eigenvalue weighted by Crippen LogP contribution is 2.41. The summed E-state index contributed by atoms with van der Waals surface area (Å²) in [6.45, 7) is 3.09. The summed E-state index contributed by atoms with van der Waals surface area (Å²) >= 11 is 0. The van der Waals surface area contributed by atoms with Crippen LogP contribution in [0.25, 0.3) is 0 Å². The molecule has 4 aliphatic rings. The molecule has 198 valence electrons. The molecule has 0 aromatic carbocycles. The van der Waals surface area contributed by atoms with E-state index in [9.17, 15) is 0 Å². The summed E-state index contributed by atoms with van der Waals surface area (Å²) in [6, 6.07) is 6.81. The zero-order valence-corrected chi connectivity index (χ0v) is 22.1. The number of ether oxygens (including phenoxy) is 2. The van der Waals surface area contributed by atoms with E-state index in [-0.39, 0.29) is 24.2 Å². The fraction of sp³-hybridized carbons (Fsp3) is 0.690. The Labute approximate surface area is 216 Å². The van der Waals surface area contributed by atoms with Crippen LogP contribution in [0.1, 0.15) is 63.5 Å². The van der Waals surface area contributed by atoms with Crippen molar-refractivity contribution in [1.82, 2.24) is 26.3 Å². The van der Waals surface area contributed by atoms with Crippen LogP contribution in [0.2, 0.25) is 0 Å². The molecule has 0 saturated carbocycles. The minimum Gasteiger partial charge on any atom is -0.376 e. The fourth-order valence-corrected chi connectivity index (χ4v) is 7.22. The van der Waals surface area contributed by atoms with Crippen molar-refractivity contribution in [2.75, 3.05) is 33.9 Å². The highest BCUT2D eigenvalue weighted by Gasteiger charge is 2.54. The molecule has 3 fully saturated rings. The van der Waals surface area contributed by atoms with Gasteiger partial charge in [-0.15, -0.1) is 0 Å². The van der Waals surface area contributed by atoms with E-state index in [1.807, 2.05) is 26.5 Å². The molecule has 1 aromatic heterocycles. The third-order valence-corrected chi connectivity index (χ3v) is 9.00. The molecule has 7 nitrogen and oxygen atoms in total. The molecular weight excluding hydrogens is 450 g/mol. The molecule has 0 spiro atoms. The Kier molecular flexibility index (Phi) is 8.43. The Balaban J connectivity index is 1.54. The van der Waals surface area contributed by atoms with Gasteiger partial charge < -0.3 is 30.7 Å². The lowest BCUT2D eigenvalue weighted by atomic mass is 9.72. The van der Waals surface area contributed by atoms with Gasteiger partial charge in [-0.1, -0.05) is 37.5 Å². The number of aromatic nitrogens is 1. The van der Waals surface area contributed by atoms with Gasteiger partial charge in [0.15, 0.2) is 5.60 Å². The number of nitrogens with one attached hydrogen (secondary N) is 4. The van der Waals surface area contributed by atoms with Gasteiger partial charge in [0, 0.05) is 38.5 Å². The Bertz CT molecular complexity index is 870. The predicted octanol–water partition coefficient (Wildman–Crippen LogP) is 3.15. The van der Waals surface area contributed by atoms with Gasteiger partial charge in [-0.25, -0.2) is 0 Å². The first-order valence-electron chi connectivity index (χ1n) is 14.1. The molecule has 5 heterocycles. The van der Waals surface area contributed by atoms with E-state index >= 15 is 0 Å². The molecule has 4 aliphatic heterocycles. The lowest BCUT2D eigenvalue weighted by Gasteiger charge is -2.54. The maximum absolute atomic E-state index is 6.66. The number of piperidine rings is 3. The zero-order valence-electron chi connectivity index (χ0n) is 22.1. The van der Waals surface area contributed by atoms with E-state index in [1.165, 1.54) is 38.5 Å². The third-order valence-electron chi connectivity index (χ3n) is 9.00. The lowest BCUT2D eigenvalue weighted by Crippen LogP contribution is -2.73. The monoisotopic (exact) mass is 495 g/mol. The maximum atomic E-state index is 6.66. The Hall–Kier alpha value is -1.77. The third kappa shape index (κ3) is 4.65. The topological polar surface area (TPSA) is 79.5 Å². The van der Waals surface area contributed by atoms with Gasteiger partial charge in [-0.3, -0.25) is 4.98 Å². The first kappa shape index (κ1) is 25.9. The maximum Gasteiger partial charge on any atom is 0.164 e. The van der Waals surface area contributed by atoms with Gasteiger partial charge in [-0.05, 0) is 76.4 Å². The molecule has 0 radical (unpaired) electrons. The van der Waals surface area contributed by atoms with Gasteiger partial charge in [0.05, 0.1) is 17.4 Å². The molecule has 5 atom stereocenters. The van der Waals surface area contributed by atoms with Crippen molar-refractivity contribution in [1.29, 1.82) is 0 Å². The van der Waals surface area contributed by atoms with Gasteiger partial charge in [-0.2, -0.15) is 0 Å². The summed E-state index contributed by atoms with van der Waals surface area (Å²) < 4.78 is 13.2. The van der Waals surface area contributed by atoms with Crippen LogP contribution in [0.3, 0.4) is 0 Å². The fourth-order valence-electron chi connectivity index (χ4n) is 7.22. The highest BCUT2D eigenvalue weighted by atomic mass is 16.5. The summed E-state index contributed by atoms with van der Waals surface area (Å²) in [7, 11) is 3.74. The average molecular weight is 496 g/mol. The molecule has 0 amide bonds. The summed E-state index contributed by atoms with van der Waals surface area (Å²) in [5.41, 5.74) is 0.878. The van der Waals surface area contributed by atoms with Crippen molar-refractivity contribution in [3.63, 3.8) is 0 Å². The minimum atomic E-state index is -0.704. The average Bonchev–Trinajstić information content (AvgIpc) is 2.97. The van der Waals surface area contributed by atoms with Crippen molar-refractivity contribution in [3.05, 3.63) is 54.0 Å². The van der Waals surface area contributed by atoms with Crippen LogP contribution in [0.4, 0.5) is 0 Å². The summed E-state index contributed by atoms with van der Waals surface area (Å²) in [4.78, 5) is 4.83. The Morgan fingerprint density at radius 2 is 1.44 bits per heavy atom. The molecule has 4 N–H and O–H groups in total. The van der Waals surface area contributed by atoms with Gasteiger partial charge in [0.2, 0.25) is 0 Å². The molecule has 5 rings (SSSR count). The molecule has 1 aromatic rings. The first-order chi connectivity index (χ1) is 17.8. The minimum absolute atomic E-state index is 0.00414. The van der Waals surface area contributed by atoms with Crippen molar-refractivity contribution in [2.45, 2.75) is 93.2 Å². The molecule has 36 heavy (non-hydrogen) atoms. The van der Waals surface area contributed by atoms with Crippen LogP contribution >= 0.6 is 0 Å². The Morgan fingerprint density at radius 3 is 1.94 bits per heavy atom. The van der Waals surface area contributed by atoms with E-state index < -0.39 is 11.2 Å². The van der Waals surface area contributed by atoms with E-state index in [0.717, 1.165) is 50.3 Å². The predicted molar refractivity (Wildman–Crippen MR) is 144 cm³/mol. The van der Waals surface area contributed by atoms with Crippen molar-refractivity contribution in [2.24, 2.45) is 0 Å².